The first-order valence-corrected chi connectivity index (χ1v) is 12.8. The third kappa shape index (κ3) is 9.13. The molecule has 1 aliphatic heterocycles. The van der Waals surface area contributed by atoms with Gasteiger partial charge in [0.1, 0.15) is 11.5 Å². The molecule has 0 unspecified atom stereocenters. The number of rotatable bonds is 11. The number of benzene rings is 3. The van der Waals surface area contributed by atoms with Gasteiger partial charge in [-0.15, -0.1) is 0 Å². The average molecular weight is 499 g/mol. The lowest BCUT2D eigenvalue weighted by molar-refractivity contribution is -0.116. The van der Waals surface area contributed by atoms with Gasteiger partial charge in [0.05, 0.1) is 6.04 Å². The van der Waals surface area contributed by atoms with Crippen LogP contribution in [0.3, 0.4) is 0 Å². The number of hydrogen-bond donors (Lipinski definition) is 3. The highest BCUT2D eigenvalue weighted by atomic mass is 16.5. The number of nitrogens with one attached hydrogen (secondary N) is 3. The molecule has 1 saturated heterocycles. The van der Waals surface area contributed by atoms with Crippen LogP contribution in [0.5, 0.6) is 11.5 Å². The van der Waals surface area contributed by atoms with E-state index in [1.54, 1.807) is 30.3 Å². The van der Waals surface area contributed by atoms with Gasteiger partial charge in [0.2, 0.25) is 5.91 Å². The Hall–Kier alpha value is -4.10. The van der Waals surface area contributed by atoms with E-state index in [0.717, 1.165) is 30.9 Å². The van der Waals surface area contributed by atoms with Gasteiger partial charge in [0.15, 0.2) is 0 Å². The molecule has 3 N–H and O–H groups in total. The van der Waals surface area contributed by atoms with Crippen LogP contribution < -0.4 is 20.7 Å². The molecule has 0 bridgehead atoms. The highest BCUT2D eigenvalue weighted by Crippen LogP contribution is 2.22. The summed E-state index contributed by atoms with van der Waals surface area (Å²) in [7, 11) is 0. The summed E-state index contributed by atoms with van der Waals surface area (Å²) in [6.07, 6.45) is 6.28. The lowest BCUT2D eigenvalue weighted by Crippen LogP contribution is -2.38. The molecule has 1 fully saturated rings. The van der Waals surface area contributed by atoms with Crippen LogP contribution in [0.2, 0.25) is 0 Å². The van der Waals surface area contributed by atoms with Crippen LogP contribution in [0.15, 0.2) is 97.1 Å². The molecule has 3 aromatic rings. The SMILES string of the molecule is O=C(C=C[C@H](Cc1ccccc1)NC(=O)Nc1ccc(Oc2ccccc2)cc1)NCCN1CCCC1. The van der Waals surface area contributed by atoms with Gasteiger partial charge in [0, 0.05) is 24.9 Å². The van der Waals surface area contributed by atoms with Gasteiger partial charge in [-0.25, -0.2) is 4.79 Å². The molecule has 1 atom stereocenters. The monoisotopic (exact) mass is 498 g/mol. The van der Waals surface area contributed by atoms with Crippen molar-refractivity contribution in [3.05, 3.63) is 103 Å². The first-order chi connectivity index (χ1) is 18.1. The maximum atomic E-state index is 12.8. The first-order valence-electron chi connectivity index (χ1n) is 12.8. The molecule has 1 heterocycles. The lowest BCUT2D eigenvalue weighted by Gasteiger charge is -2.17. The van der Waals surface area contributed by atoms with E-state index in [-0.39, 0.29) is 18.0 Å². The van der Waals surface area contributed by atoms with Crippen LogP contribution in [0.4, 0.5) is 10.5 Å². The predicted octanol–water partition coefficient (Wildman–Crippen LogP) is 4.98. The topological polar surface area (TPSA) is 82.7 Å². The van der Waals surface area contributed by atoms with Gasteiger partial charge in [0.25, 0.3) is 0 Å². The van der Waals surface area contributed by atoms with Gasteiger partial charge in [-0.1, -0.05) is 54.6 Å². The number of hydrogen-bond acceptors (Lipinski definition) is 4. The zero-order chi connectivity index (χ0) is 25.7. The zero-order valence-corrected chi connectivity index (χ0v) is 20.9. The Morgan fingerprint density at radius 2 is 1.51 bits per heavy atom. The van der Waals surface area contributed by atoms with Gasteiger partial charge in [-0.3, -0.25) is 4.79 Å². The molecule has 192 valence electrons. The van der Waals surface area contributed by atoms with E-state index in [1.807, 2.05) is 60.7 Å². The number of para-hydroxylation sites is 1. The molecule has 37 heavy (non-hydrogen) atoms. The fraction of sp³-hybridized carbons (Fsp3) is 0.267. The molecule has 7 nitrogen and oxygen atoms in total. The Balaban J connectivity index is 1.30. The van der Waals surface area contributed by atoms with Crippen LogP contribution in [0.25, 0.3) is 0 Å². The smallest absolute Gasteiger partial charge is 0.319 e. The van der Waals surface area contributed by atoms with Gasteiger partial charge >= 0.3 is 6.03 Å². The van der Waals surface area contributed by atoms with Crippen molar-refractivity contribution in [2.45, 2.75) is 25.3 Å². The zero-order valence-electron chi connectivity index (χ0n) is 20.9. The Labute approximate surface area is 218 Å². The fourth-order valence-corrected chi connectivity index (χ4v) is 4.21. The summed E-state index contributed by atoms with van der Waals surface area (Å²) in [4.78, 5) is 27.5. The molecule has 7 heteroatoms. The van der Waals surface area contributed by atoms with Gasteiger partial charge < -0.3 is 25.6 Å². The molecular formula is C30H34N4O3. The van der Waals surface area contributed by atoms with Crippen molar-refractivity contribution >= 4 is 17.6 Å². The van der Waals surface area contributed by atoms with Gasteiger partial charge in [-0.2, -0.15) is 0 Å². The molecular weight excluding hydrogens is 464 g/mol. The molecule has 0 aromatic heterocycles. The van der Waals surface area contributed by atoms with E-state index in [9.17, 15) is 9.59 Å². The number of carbonyl (C=O) groups is 2. The Morgan fingerprint density at radius 1 is 0.865 bits per heavy atom. The normalized spacial score (nSPS) is 14.3. The van der Waals surface area contributed by atoms with E-state index in [1.165, 1.54) is 18.9 Å². The van der Waals surface area contributed by atoms with Crippen molar-refractivity contribution < 1.29 is 14.3 Å². The number of carbonyl (C=O) groups excluding carboxylic acids is 2. The Kier molecular flexibility index (Phi) is 9.72. The molecule has 0 aliphatic carbocycles. The van der Waals surface area contributed by atoms with E-state index < -0.39 is 0 Å². The quantitative estimate of drug-likeness (QED) is 0.326. The minimum Gasteiger partial charge on any atom is -0.457 e. The lowest BCUT2D eigenvalue weighted by atomic mass is 10.1. The van der Waals surface area contributed by atoms with Gasteiger partial charge in [-0.05, 0) is 74.3 Å². The number of amides is 3. The largest absolute Gasteiger partial charge is 0.457 e. The second-order valence-electron chi connectivity index (χ2n) is 9.03. The fourth-order valence-electron chi connectivity index (χ4n) is 4.21. The summed E-state index contributed by atoms with van der Waals surface area (Å²) >= 11 is 0. The van der Waals surface area contributed by atoms with E-state index in [0.29, 0.717) is 24.4 Å². The first kappa shape index (κ1) is 26.0. The molecule has 0 spiro atoms. The highest BCUT2D eigenvalue weighted by molar-refractivity contribution is 5.90. The molecule has 4 rings (SSSR count). The van der Waals surface area contributed by atoms with E-state index in [4.69, 9.17) is 4.74 Å². The second kappa shape index (κ2) is 13.8. The number of likely N-dealkylation sites (tertiary alicyclic amines) is 1. The summed E-state index contributed by atoms with van der Waals surface area (Å²) in [6.45, 7) is 3.69. The summed E-state index contributed by atoms with van der Waals surface area (Å²) in [5, 5.41) is 8.76. The third-order valence-corrected chi connectivity index (χ3v) is 6.11. The molecule has 0 radical (unpaired) electrons. The summed E-state index contributed by atoms with van der Waals surface area (Å²) in [5.41, 5.74) is 1.70. The van der Waals surface area contributed by atoms with Crippen LogP contribution >= 0.6 is 0 Å². The number of nitrogens with zero attached hydrogens (tertiary/aromatic N) is 1. The standard InChI is InChI=1S/C30H34N4O3/c35-29(31-19-22-34-20-7-8-21-34)18-15-26(23-24-9-3-1-4-10-24)33-30(36)32-25-13-16-28(17-14-25)37-27-11-5-2-6-12-27/h1-6,9-18,26H,7-8,19-23H2,(H,31,35)(H2,32,33,36)/t26-/m1/s1. The number of ether oxygens (including phenoxy) is 1. The number of urea groups is 1. The minimum absolute atomic E-state index is 0.159. The average Bonchev–Trinajstić information content (AvgIpc) is 3.43. The summed E-state index contributed by atoms with van der Waals surface area (Å²) in [5.74, 6) is 1.27. The Morgan fingerprint density at radius 3 is 2.22 bits per heavy atom. The van der Waals surface area contributed by atoms with Crippen LogP contribution in [0, 0.1) is 0 Å². The van der Waals surface area contributed by atoms with Crippen molar-refractivity contribution in [1.82, 2.24) is 15.5 Å². The highest BCUT2D eigenvalue weighted by Gasteiger charge is 2.13. The van der Waals surface area contributed by atoms with Crippen molar-refractivity contribution in [3.8, 4) is 11.5 Å². The Bertz CT molecular complexity index is 1140. The van der Waals surface area contributed by atoms with Crippen LogP contribution in [-0.2, 0) is 11.2 Å². The molecule has 3 amide bonds. The molecule has 1 aliphatic rings. The maximum Gasteiger partial charge on any atom is 0.319 e. The molecule has 0 saturated carbocycles. The van der Waals surface area contributed by atoms with Crippen molar-refractivity contribution in [3.63, 3.8) is 0 Å². The van der Waals surface area contributed by atoms with Crippen LogP contribution in [-0.4, -0.2) is 49.1 Å². The summed E-state index contributed by atoms with van der Waals surface area (Å²) in [6, 6.07) is 25.9. The third-order valence-electron chi connectivity index (χ3n) is 6.11. The van der Waals surface area contributed by atoms with Crippen LogP contribution in [0.1, 0.15) is 18.4 Å². The predicted molar refractivity (Wildman–Crippen MR) is 147 cm³/mol. The van der Waals surface area contributed by atoms with Crippen molar-refractivity contribution in [2.75, 3.05) is 31.5 Å². The minimum atomic E-state index is -0.354. The number of anilines is 1. The van der Waals surface area contributed by atoms with E-state index >= 15 is 0 Å². The maximum absolute atomic E-state index is 12.8. The van der Waals surface area contributed by atoms with E-state index in [2.05, 4.69) is 20.9 Å². The van der Waals surface area contributed by atoms with Crippen molar-refractivity contribution in [2.24, 2.45) is 0 Å². The van der Waals surface area contributed by atoms with Crippen molar-refractivity contribution in [1.29, 1.82) is 0 Å². The summed E-state index contributed by atoms with van der Waals surface area (Å²) < 4.78 is 5.80. The molecule has 3 aromatic carbocycles. The second-order valence-corrected chi connectivity index (χ2v) is 9.03.